The highest BCUT2D eigenvalue weighted by atomic mass is 127. The van der Waals surface area contributed by atoms with Crippen molar-refractivity contribution in [1.29, 1.82) is 0 Å². The fourth-order valence-corrected chi connectivity index (χ4v) is 5.10. The first-order chi connectivity index (χ1) is 16.5. The number of nitrogens with zero attached hydrogens (tertiary/aromatic N) is 4. The standard InChI is InChI=1S/C25H29IN8/c26-17-6-11-20(28)16(12-17)13-21-31-22-23(29)32-25(30-19-9-7-18(27)8-10-19)33-24(22)34(21)14-15-4-2-1-3-5-15/h1-6,11-12,18-19H,7-10,13-14,27-28H2,(H3,29,30,32,33). The molecule has 2 aromatic heterocycles. The molecule has 0 atom stereocenters. The number of benzene rings is 2. The van der Waals surface area contributed by atoms with Crippen molar-refractivity contribution in [3.63, 3.8) is 0 Å². The van der Waals surface area contributed by atoms with E-state index in [-0.39, 0.29) is 6.04 Å². The van der Waals surface area contributed by atoms with Crippen LogP contribution in [0.25, 0.3) is 11.2 Å². The Hall–Kier alpha value is -2.92. The second kappa shape index (κ2) is 9.75. The van der Waals surface area contributed by atoms with E-state index in [1.165, 1.54) is 0 Å². The predicted octanol–water partition coefficient (Wildman–Crippen LogP) is 3.92. The van der Waals surface area contributed by atoms with Gasteiger partial charge in [-0.3, -0.25) is 0 Å². The maximum absolute atomic E-state index is 6.39. The van der Waals surface area contributed by atoms with Gasteiger partial charge in [0.25, 0.3) is 0 Å². The smallest absolute Gasteiger partial charge is 0.226 e. The van der Waals surface area contributed by atoms with Crippen molar-refractivity contribution >= 4 is 51.2 Å². The molecule has 2 aromatic carbocycles. The maximum Gasteiger partial charge on any atom is 0.226 e. The monoisotopic (exact) mass is 568 g/mol. The third-order valence-corrected chi connectivity index (χ3v) is 7.11. The summed E-state index contributed by atoms with van der Waals surface area (Å²) >= 11 is 2.30. The van der Waals surface area contributed by atoms with Gasteiger partial charge >= 0.3 is 0 Å². The normalized spacial score (nSPS) is 18.3. The van der Waals surface area contributed by atoms with E-state index in [0.29, 0.717) is 36.3 Å². The van der Waals surface area contributed by atoms with E-state index in [1.807, 2.05) is 30.3 Å². The number of halogens is 1. The van der Waals surface area contributed by atoms with Gasteiger partial charge in [0.1, 0.15) is 5.82 Å². The number of nitrogens with one attached hydrogen (secondary N) is 1. The van der Waals surface area contributed by atoms with Crippen molar-refractivity contribution in [2.75, 3.05) is 16.8 Å². The van der Waals surface area contributed by atoms with Crippen molar-refractivity contribution in [3.05, 3.63) is 69.1 Å². The Labute approximate surface area is 212 Å². The number of hydrogen-bond acceptors (Lipinski definition) is 7. The fourth-order valence-electron chi connectivity index (χ4n) is 4.54. The molecule has 1 fully saturated rings. The summed E-state index contributed by atoms with van der Waals surface area (Å²) in [6, 6.07) is 16.9. The van der Waals surface area contributed by atoms with Gasteiger partial charge in [0.05, 0.1) is 6.54 Å². The van der Waals surface area contributed by atoms with Crippen LogP contribution in [0.1, 0.15) is 42.6 Å². The van der Waals surface area contributed by atoms with Gasteiger partial charge in [0, 0.05) is 27.8 Å². The van der Waals surface area contributed by atoms with E-state index in [0.717, 1.165) is 57.5 Å². The molecule has 0 bridgehead atoms. The summed E-state index contributed by atoms with van der Waals surface area (Å²) in [4.78, 5) is 14.3. The summed E-state index contributed by atoms with van der Waals surface area (Å²) in [6.07, 6.45) is 4.59. The molecule has 9 heteroatoms. The third kappa shape index (κ3) is 4.95. The van der Waals surface area contributed by atoms with Gasteiger partial charge in [0.2, 0.25) is 5.95 Å². The van der Waals surface area contributed by atoms with Crippen LogP contribution in [0.15, 0.2) is 48.5 Å². The van der Waals surface area contributed by atoms with Gasteiger partial charge in [-0.15, -0.1) is 0 Å². The summed E-state index contributed by atoms with van der Waals surface area (Å²) in [7, 11) is 0. The van der Waals surface area contributed by atoms with Crippen LogP contribution >= 0.6 is 22.6 Å². The second-order valence-electron chi connectivity index (χ2n) is 8.98. The molecule has 176 valence electrons. The molecule has 4 aromatic rings. The number of imidazole rings is 1. The van der Waals surface area contributed by atoms with Crippen LogP contribution in [0.2, 0.25) is 0 Å². The molecule has 0 amide bonds. The first kappa shape index (κ1) is 22.9. The molecule has 2 heterocycles. The summed E-state index contributed by atoms with van der Waals surface area (Å²) in [5, 5.41) is 3.48. The highest BCUT2D eigenvalue weighted by Crippen LogP contribution is 2.27. The molecular weight excluding hydrogens is 539 g/mol. The van der Waals surface area contributed by atoms with Crippen LogP contribution in [0.5, 0.6) is 0 Å². The molecule has 34 heavy (non-hydrogen) atoms. The van der Waals surface area contributed by atoms with Gasteiger partial charge in [-0.05, 0) is 77.6 Å². The second-order valence-corrected chi connectivity index (χ2v) is 10.2. The first-order valence-electron chi connectivity index (χ1n) is 11.6. The average Bonchev–Trinajstić information content (AvgIpc) is 3.16. The third-order valence-electron chi connectivity index (χ3n) is 6.44. The minimum absolute atomic E-state index is 0.287. The Morgan fingerprint density at radius 2 is 1.74 bits per heavy atom. The van der Waals surface area contributed by atoms with Crippen LogP contribution in [0.3, 0.4) is 0 Å². The quantitative estimate of drug-likeness (QED) is 0.205. The zero-order valence-corrected chi connectivity index (χ0v) is 21.1. The summed E-state index contributed by atoms with van der Waals surface area (Å²) < 4.78 is 3.26. The Bertz CT molecular complexity index is 1300. The molecule has 1 saturated carbocycles. The molecule has 0 spiro atoms. The lowest BCUT2D eigenvalue weighted by Crippen LogP contribution is -2.33. The molecule has 0 unspecified atom stereocenters. The lowest BCUT2D eigenvalue weighted by Gasteiger charge is -2.26. The number of rotatable bonds is 6. The average molecular weight is 568 g/mol. The van der Waals surface area contributed by atoms with E-state index in [9.17, 15) is 0 Å². The summed E-state index contributed by atoms with van der Waals surface area (Å²) in [5.41, 5.74) is 23.0. The molecule has 0 aliphatic heterocycles. The Morgan fingerprint density at radius 1 is 0.971 bits per heavy atom. The topological polar surface area (TPSA) is 134 Å². The Balaban J connectivity index is 1.55. The van der Waals surface area contributed by atoms with Crippen molar-refractivity contribution in [2.24, 2.45) is 5.73 Å². The highest BCUT2D eigenvalue weighted by Gasteiger charge is 2.22. The fraction of sp³-hybridized carbons (Fsp3) is 0.320. The number of aromatic nitrogens is 4. The van der Waals surface area contributed by atoms with E-state index >= 15 is 0 Å². The van der Waals surface area contributed by atoms with E-state index in [1.54, 1.807) is 0 Å². The van der Waals surface area contributed by atoms with Crippen LogP contribution < -0.4 is 22.5 Å². The van der Waals surface area contributed by atoms with Gasteiger partial charge in [-0.2, -0.15) is 9.97 Å². The molecule has 0 saturated heterocycles. The van der Waals surface area contributed by atoms with E-state index in [4.69, 9.17) is 27.2 Å². The first-order valence-corrected chi connectivity index (χ1v) is 12.7. The van der Waals surface area contributed by atoms with Gasteiger partial charge < -0.3 is 27.1 Å². The van der Waals surface area contributed by atoms with Gasteiger partial charge in [-0.25, -0.2) is 4.98 Å². The highest BCUT2D eigenvalue weighted by molar-refractivity contribution is 14.1. The number of hydrogen-bond donors (Lipinski definition) is 4. The largest absolute Gasteiger partial charge is 0.398 e. The van der Waals surface area contributed by atoms with Crippen molar-refractivity contribution in [2.45, 2.75) is 50.7 Å². The summed E-state index contributed by atoms with van der Waals surface area (Å²) in [6.45, 7) is 0.630. The van der Waals surface area contributed by atoms with Crippen LogP contribution in [0.4, 0.5) is 17.5 Å². The minimum Gasteiger partial charge on any atom is -0.398 e. The lowest BCUT2D eigenvalue weighted by atomic mass is 9.92. The van der Waals surface area contributed by atoms with Crippen LogP contribution in [-0.4, -0.2) is 31.6 Å². The zero-order chi connectivity index (χ0) is 23.7. The zero-order valence-electron chi connectivity index (χ0n) is 18.9. The predicted molar refractivity (Wildman–Crippen MR) is 146 cm³/mol. The number of nitrogen functional groups attached to an aromatic ring is 2. The van der Waals surface area contributed by atoms with Gasteiger partial charge in [0.15, 0.2) is 17.0 Å². The van der Waals surface area contributed by atoms with Crippen molar-refractivity contribution in [1.82, 2.24) is 19.5 Å². The number of anilines is 3. The van der Waals surface area contributed by atoms with Crippen LogP contribution in [0, 0.1) is 3.57 Å². The SMILES string of the molecule is Nc1ccc(I)cc1Cc1nc2c(N)nc(NC3CCC(N)CC3)nc2n1Cc1ccccc1. The lowest BCUT2D eigenvalue weighted by molar-refractivity contribution is 0.410. The maximum atomic E-state index is 6.39. The van der Waals surface area contributed by atoms with E-state index < -0.39 is 0 Å². The molecule has 1 aliphatic rings. The van der Waals surface area contributed by atoms with Gasteiger partial charge in [-0.1, -0.05) is 30.3 Å². The minimum atomic E-state index is 0.287. The summed E-state index contributed by atoms with van der Waals surface area (Å²) in [5.74, 6) is 1.78. The number of fused-ring (bicyclic) bond motifs is 1. The Morgan fingerprint density at radius 3 is 2.50 bits per heavy atom. The molecule has 1 aliphatic carbocycles. The molecule has 0 radical (unpaired) electrons. The Kier molecular flexibility index (Phi) is 6.55. The molecular formula is C25H29IN8. The molecule has 8 nitrogen and oxygen atoms in total. The molecule has 7 N–H and O–H groups in total. The van der Waals surface area contributed by atoms with Crippen molar-refractivity contribution in [3.8, 4) is 0 Å². The van der Waals surface area contributed by atoms with E-state index in [2.05, 4.69) is 55.7 Å². The molecule has 5 rings (SSSR count). The van der Waals surface area contributed by atoms with Crippen molar-refractivity contribution < 1.29 is 0 Å². The number of nitrogens with two attached hydrogens (primary N) is 3. The van der Waals surface area contributed by atoms with Crippen LogP contribution in [-0.2, 0) is 13.0 Å².